The molecule has 0 N–H and O–H groups in total. The zero-order valence-electron chi connectivity index (χ0n) is 17.4. The second-order valence-electron chi connectivity index (χ2n) is 7.61. The average Bonchev–Trinajstić information content (AvgIpc) is 3.48. The molecule has 3 aromatic rings. The summed E-state index contributed by atoms with van der Waals surface area (Å²) in [6.07, 6.45) is 2.24. The van der Waals surface area contributed by atoms with Gasteiger partial charge in [-0.2, -0.15) is 0 Å². The van der Waals surface area contributed by atoms with E-state index in [4.69, 9.17) is 9.47 Å². The monoisotopic (exact) mass is 460 g/mol. The summed E-state index contributed by atoms with van der Waals surface area (Å²) < 4.78 is 10.7. The van der Waals surface area contributed by atoms with Crippen molar-refractivity contribution >= 4 is 35.5 Å². The minimum atomic E-state index is -0.871. The van der Waals surface area contributed by atoms with E-state index in [0.717, 1.165) is 15.3 Å². The van der Waals surface area contributed by atoms with Crippen LogP contribution in [-0.4, -0.2) is 46.6 Å². The number of benzene rings is 2. The predicted molar refractivity (Wildman–Crippen MR) is 123 cm³/mol. The van der Waals surface area contributed by atoms with Gasteiger partial charge in [0.2, 0.25) is 0 Å². The Balaban J connectivity index is 1.45. The molecule has 2 aromatic carbocycles. The van der Waals surface area contributed by atoms with Gasteiger partial charge < -0.3 is 9.47 Å². The number of hydrogen-bond donors (Lipinski definition) is 0. The van der Waals surface area contributed by atoms with Gasteiger partial charge in [0.15, 0.2) is 0 Å². The largest absolute Gasteiger partial charge is 0.447 e. The molecule has 2 fully saturated rings. The molecule has 166 valence electrons. The summed E-state index contributed by atoms with van der Waals surface area (Å²) in [5.74, 6) is -0.168. The molecule has 1 aromatic heterocycles. The van der Waals surface area contributed by atoms with Crippen molar-refractivity contribution in [3.63, 3.8) is 0 Å². The number of β-lactam (4-membered cyclic amide) rings is 1. The van der Waals surface area contributed by atoms with Crippen LogP contribution in [0.2, 0.25) is 0 Å². The number of carbonyl (C=O) groups is 3. The van der Waals surface area contributed by atoms with Crippen molar-refractivity contribution in [1.82, 2.24) is 9.80 Å². The number of cyclic esters (lactones) is 1. The van der Waals surface area contributed by atoms with Gasteiger partial charge in [-0.1, -0.05) is 60.7 Å². The standard InChI is InChI=1S/C25H20N2O5S/c28-23-22(26-21(16-31-24(26)29)17-8-3-1-4-9-17)20(14-13-19-12-7-15-33-19)27(23)25(30)32-18-10-5-2-6-11-18/h1-15,20-22H,16H2/b14-13+/t20-,21?,22-/m1/s1. The van der Waals surface area contributed by atoms with E-state index in [-0.39, 0.29) is 6.61 Å². The average molecular weight is 461 g/mol. The van der Waals surface area contributed by atoms with E-state index in [1.807, 2.05) is 53.9 Å². The fraction of sp³-hybridized carbons (Fsp3) is 0.160. The topological polar surface area (TPSA) is 76.2 Å². The first-order valence-electron chi connectivity index (χ1n) is 10.4. The van der Waals surface area contributed by atoms with E-state index in [1.54, 1.807) is 36.4 Å². The molecule has 33 heavy (non-hydrogen) atoms. The van der Waals surface area contributed by atoms with Gasteiger partial charge in [-0.15, -0.1) is 11.3 Å². The summed E-state index contributed by atoms with van der Waals surface area (Å²) in [7, 11) is 0. The Kier molecular flexibility index (Phi) is 5.66. The molecule has 0 spiro atoms. The molecule has 2 aliphatic rings. The zero-order valence-corrected chi connectivity index (χ0v) is 18.3. The summed E-state index contributed by atoms with van der Waals surface area (Å²) in [5, 5.41) is 1.94. The van der Waals surface area contributed by atoms with Gasteiger partial charge in [0.1, 0.15) is 18.4 Å². The van der Waals surface area contributed by atoms with E-state index in [9.17, 15) is 14.4 Å². The lowest BCUT2D eigenvalue weighted by molar-refractivity contribution is -0.150. The van der Waals surface area contributed by atoms with Crippen LogP contribution >= 0.6 is 11.3 Å². The normalized spacial score (nSPS) is 22.4. The third-order valence-electron chi connectivity index (χ3n) is 5.65. The molecular formula is C25H20N2O5S. The highest BCUT2D eigenvalue weighted by atomic mass is 32.1. The maximum atomic E-state index is 13.2. The fourth-order valence-electron chi connectivity index (χ4n) is 4.07. The number of ether oxygens (including phenoxy) is 2. The molecule has 7 nitrogen and oxygen atoms in total. The van der Waals surface area contributed by atoms with Gasteiger partial charge in [0.25, 0.3) is 5.91 Å². The van der Waals surface area contributed by atoms with Crippen LogP contribution in [-0.2, 0) is 9.53 Å². The lowest BCUT2D eigenvalue weighted by Crippen LogP contribution is -2.72. The Morgan fingerprint density at radius 3 is 2.42 bits per heavy atom. The van der Waals surface area contributed by atoms with E-state index in [1.165, 1.54) is 16.2 Å². The maximum absolute atomic E-state index is 13.2. The summed E-state index contributed by atoms with van der Waals surface area (Å²) in [5.41, 5.74) is 0.863. The van der Waals surface area contributed by atoms with Crippen molar-refractivity contribution < 1.29 is 23.9 Å². The number of amides is 3. The predicted octanol–water partition coefficient (Wildman–Crippen LogP) is 4.73. The number of imide groups is 1. The summed E-state index contributed by atoms with van der Waals surface area (Å²) in [6, 6.07) is 19.8. The Labute approximate surface area is 194 Å². The van der Waals surface area contributed by atoms with E-state index in [2.05, 4.69) is 0 Å². The number of hydrogen-bond acceptors (Lipinski definition) is 6. The van der Waals surface area contributed by atoms with Crippen molar-refractivity contribution in [2.45, 2.75) is 18.1 Å². The molecule has 8 heteroatoms. The smallest absolute Gasteiger partial charge is 0.422 e. The Hall–Kier alpha value is -3.91. The highest BCUT2D eigenvalue weighted by molar-refractivity contribution is 7.10. The number of para-hydroxylation sites is 1. The molecule has 2 saturated heterocycles. The number of thiophene rings is 1. The lowest BCUT2D eigenvalue weighted by Gasteiger charge is -2.47. The molecule has 3 heterocycles. The molecule has 2 aliphatic heterocycles. The number of nitrogens with zero attached hydrogens (tertiary/aromatic N) is 2. The molecule has 3 atom stereocenters. The number of rotatable bonds is 5. The SMILES string of the molecule is O=C(Oc1ccccc1)N1C(=O)[C@H](N2C(=O)OCC2c2ccccc2)[C@H]1/C=C/c1cccs1. The fourth-order valence-corrected chi connectivity index (χ4v) is 4.70. The van der Waals surface area contributed by atoms with Crippen LogP contribution in [0.25, 0.3) is 6.08 Å². The molecule has 1 unspecified atom stereocenters. The first-order chi connectivity index (χ1) is 16.1. The van der Waals surface area contributed by atoms with Gasteiger partial charge in [0, 0.05) is 4.88 Å². The molecule has 0 saturated carbocycles. The van der Waals surface area contributed by atoms with E-state index in [0.29, 0.717) is 5.75 Å². The molecule has 0 bridgehead atoms. The Morgan fingerprint density at radius 1 is 1.00 bits per heavy atom. The van der Waals surface area contributed by atoms with Crippen LogP contribution in [0.5, 0.6) is 5.75 Å². The second-order valence-corrected chi connectivity index (χ2v) is 8.59. The van der Waals surface area contributed by atoms with Crippen molar-refractivity contribution in [2.24, 2.45) is 0 Å². The van der Waals surface area contributed by atoms with Gasteiger partial charge in [-0.05, 0) is 35.2 Å². The van der Waals surface area contributed by atoms with Crippen LogP contribution in [0.15, 0.2) is 84.3 Å². The van der Waals surface area contributed by atoms with Crippen molar-refractivity contribution in [3.8, 4) is 5.75 Å². The Bertz CT molecular complexity index is 1180. The first kappa shape index (κ1) is 21.0. The van der Waals surface area contributed by atoms with Gasteiger partial charge in [0.05, 0.1) is 12.1 Å². The van der Waals surface area contributed by atoms with Crippen molar-refractivity contribution in [1.29, 1.82) is 0 Å². The van der Waals surface area contributed by atoms with Crippen molar-refractivity contribution in [3.05, 3.63) is 94.7 Å². The minimum absolute atomic E-state index is 0.141. The van der Waals surface area contributed by atoms with Gasteiger partial charge >= 0.3 is 12.2 Å². The third-order valence-corrected chi connectivity index (χ3v) is 6.49. The van der Waals surface area contributed by atoms with Crippen LogP contribution in [0.3, 0.4) is 0 Å². The number of likely N-dealkylation sites (tertiary alicyclic amines) is 1. The van der Waals surface area contributed by atoms with E-state index >= 15 is 0 Å². The summed E-state index contributed by atoms with van der Waals surface area (Å²) in [4.78, 5) is 42.2. The first-order valence-corrected chi connectivity index (χ1v) is 11.3. The summed E-state index contributed by atoms with van der Waals surface area (Å²) in [6.45, 7) is 0.141. The second kappa shape index (κ2) is 8.91. The highest BCUT2D eigenvalue weighted by Gasteiger charge is 2.58. The van der Waals surface area contributed by atoms with Crippen LogP contribution in [0, 0.1) is 0 Å². The molecule has 0 radical (unpaired) electrons. The molecule has 5 rings (SSSR count). The van der Waals surface area contributed by atoms with Crippen LogP contribution < -0.4 is 4.74 Å². The third kappa shape index (κ3) is 4.01. The molecule has 0 aliphatic carbocycles. The summed E-state index contributed by atoms with van der Waals surface area (Å²) >= 11 is 1.53. The molecular weight excluding hydrogens is 440 g/mol. The quantitative estimate of drug-likeness (QED) is 0.515. The van der Waals surface area contributed by atoms with Crippen LogP contribution in [0.1, 0.15) is 16.5 Å². The number of carbonyl (C=O) groups excluding carboxylic acids is 3. The maximum Gasteiger partial charge on any atom is 0.422 e. The Morgan fingerprint density at radius 2 is 1.73 bits per heavy atom. The van der Waals surface area contributed by atoms with E-state index < -0.39 is 36.2 Å². The van der Waals surface area contributed by atoms with Crippen LogP contribution in [0.4, 0.5) is 9.59 Å². The van der Waals surface area contributed by atoms with Gasteiger partial charge in [-0.3, -0.25) is 9.69 Å². The van der Waals surface area contributed by atoms with Crippen molar-refractivity contribution in [2.75, 3.05) is 6.61 Å². The minimum Gasteiger partial charge on any atom is -0.447 e. The molecule has 3 amide bonds. The van der Waals surface area contributed by atoms with Gasteiger partial charge in [-0.25, -0.2) is 14.5 Å². The zero-order chi connectivity index (χ0) is 22.8. The highest BCUT2D eigenvalue weighted by Crippen LogP contribution is 2.37. The lowest BCUT2D eigenvalue weighted by atomic mass is 9.91.